The summed E-state index contributed by atoms with van der Waals surface area (Å²) >= 11 is 0. The van der Waals surface area contributed by atoms with Crippen LogP contribution in [0.5, 0.6) is 0 Å². The van der Waals surface area contributed by atoms with Gasteiger partial charge in [0.25, 0.3) is 0 Å². The molecule has 1 atom stereocenters. The fourth-order valence-electron chi connectivity index (χ4n) is 2.45. The zero-order valence-electron chi connectivity index (χ0n) is 12.0. The molecule has 1 N–H and O–H groups in total. The van der Waals surface area contributed by atoms with E-state index in [1.54, 1.807) is 0 Å². The van der Waals surface area contributed by atoms with Gasteiger partial charge in [0, 0.05) is 43.9 Å². The van der Waals surface area contributed by atoms with Crippen molar-refractivity contribution in [3.8, 4) is 0 Å². The number of ether oxygens (including phenoxy) is 1. The largest absolute Gasteiger partial charge is 0.381 e. The second kappa shape index (κ2) is 5.41. The van der Waals surface area contributed by atoms with Gasteiger partial charge in [-0.15, -0.1) is 0 Å². The molecule has 1 aromatic heterocycles. The molecule has 1 aromatic rings. The molecule has 0 spiro atoms. The van der Waals surface area contributed by atoms with Gasteiger partial charge < -0.3 is 10.1 Å². The number of rotatable bonds is 4. The molecule has 4 nitrogen and oxygen atoms in total. The first-order chi connectivity index (χ1) is 8.47. The van der Waals surface area contributed by atoms with Gasteiger partial charge in [0.1, 0.15) is 0 Å². The van der Waals surface area contributed by atoms with Gasteiger partial charge in [-0.05, 0) is 12.3 Å². The minimum atomic E-state index is 0.106. The van der Waals surface area contributed by atoms with Crippen LogP contribution >= 0.6 is 0 Å². The van der Waals surface area contributed by atoms with Crippen molar-refractivity contribution in [2.24, 2.45) is 13.0 Å². The predicted octanol–water partition coefficient (Wildman–Crippen LogP) is 1.84. The molecule has 0 saturated carbocycles. The highest BCUT2D eigenvalue weighted by Gasteiger charge is 2.22. The normalized spacial score (nSPS) is 20.6. The van der Waals surface area contributed by atoms with Crippen LogP contribution in [-0.2, 0) is 23.7 Å². The van der Waals surface area contributed by atoms with Crippen LogP contribution in [-0.4, -0.2) is 29.5 Å². The molecular weight excluding hydrogens is 226 g/mol. The number of aromatic nitrogens is 2. The standard InChI is InChI=1S/C14H25N3O/c1-14(2,3)13-12(9-17(4)16-13)8-15-7-11-5-6-18-10-11/h9,11,15H,5-8,10H2,1-4H3. The number of nitrogens with one attached hydrogen (secondary N) is 1. The molecular formula is C14H25N3O. The number of hydrogen-bond donors (Lipinski definition) is 1. The fraction of sp³-hybridized carbons (Fsp3) is 0.786. The van der Waals surface area contributed by atoms with E-state index in [1.807, 2.05) is 11.7 Å². The molecule has 2 heterocycles. The molecule has 0 radical (unpaired) electrons. The Balaban J connectivity index is 1.92. The summed E-state index contributed by atoms with van der Waals surface area (Å²) in [6, 6.07) is 0. The van der Waals surface area contributed by atoms with E-state index < -0.39 is 0 Å². The topological polar surface area (TPSA) is 39.1 Å². The number of hydrogen-bond acceptors (Lipinski definition) is 3. The Morgan fingerprint density at radius 2 is 2.28 bits per heavy atom. The zero-order valence-corrected chi connectivity index (χ0v) is 12.0. The first-order valence-electron chi connectivity index (χ1n) is 6.78. The molecule has 1 aliphatic heterocycles. The van der Waals surface area contributed by atoms with Crippen molar-refractivity contribution in [1.82, 2.24) is 15.1 Å². The van der Waals surface area contributed by atoms with Crippen LogP contribution in [0.3, 0.4) is 0 Å². The van der Waals surface area contributed by atoms with E-state index in [9.17, 15) is 0 Å². The Hall–Kier alpha value is -0.870. The van der Waals surface area contributed by atoms with E-state index >= 15 is 0 Å². The number of nitrogens with zero attached hydrogens (tertiary/aromatic N) is 2. The highest BCUT2D eigenvalue weighted by Crippen LogP contribution is 2.24. The van der Waals surface area contributed by atoms with Gasteiger partial charge in [0.05, 0.1) is 12.3 Å². The fourth-order valence-corrected chi connectivity index (χ4v) is 2.45. The van der Waals surface area contributed by atoms with Crippen LogP contribution in [0, 0.1) is 5.92 Å². The molecule has 0 amide bonds. The second-order valence-electron chi connectivity index (χ2n) is 6.29. The Morgan fingerprint density at radius 1 is 1.50 bits per heavy atom. The van der Waals surface area contributed by atoms with Gasteiger partial charge in [-0.2, -0.15) is 5.10 Å². The third kappa shape index (κ3) is 3.33. The summed E-state index contributed by atoms with van der Waals surface area (Å²) in [5.74, 6) is 0.680. The average molecular weight is 251 g/mol. The van der Waals surface area contributed by atoms with Crippen molar-refractivity contribution in [1.29, 1.82) is 0 Å². The summed E-state index contributed by atoms with van der Waals surface area (Å²) in [6.07, 6.45) is 3.31. The molecule has 0 aliphatic carbocycles. The van der Waals surface area contributed by atoms with Gasteiger partial charge in [0.2, 0.25) is 0 Å². The third-order valence-electron chi connectivity index (χ3n) is 3.39. The highest BCUT2D eigenvalue weighted by molar-refractivity contribution is 5.23. The summed E-state index contributed by atoms with van der Waals surface area (Å²) in [4.78, 5) is 0. The van der Waals surface area contributed by atoms with Crippen LogP contribution in [0.1, 0.15) is 38.4 Å². The van der Waals surface area contributed by atoms with E-state index in [0.29, 0.717) is 5.92 Å². The molecule has 1 aliphatic rings. The van der Waals surface area contributed by atoms with Crippen molar-refractivity contribution >= 4 is 0 Å². The van der Waals surface area contributed by atoms with E-state index in [4.69, 9.17) is 4.74 Å². The lowest BCUT2D eigenvalue weighted by Crippen LogP contribution is -2.24. The lowest BCUT2D eigenvalue weighted by atomic mass is 9.89. The number of aryl methyl sites for hydroxylation is 1. The Kier molecular flexibility index (Phi) is 4.07. The molecule has 1 fully saturated rings. The molecule has 1 unspecified atom stereocenters. The van der Waals surface area contributed by atoms with Gasteiger partial charge >= 0.3 is 0 Å². The summed E-state index contributed by atoms with van der Waals surface area (Å²) in [5.41, 5.74) is 2.61. The van der Waals surface area contributed by atoms with Crippen molar-refractivity contribution in [2.45, 2.75) is 39.2 Å². The first-order valence-corrected chi connectivity index (χ1v) is 6.78. The van der Waals surface area contributed by atoms with Gasteiger partial charge in [-0.25, -0.2) is 0 Å². The van der Waals surface area contributed by atoms with Gasteiger partial charge in [-0.3, -0.25) is 4.68 Å². The molecule has 0 bridgehead atoms. The van der Waals surface area contributed by atoms with E-state index in [2.05, 4.69) is 37.4 Å². The minimum absolute atomic E-state index is 0.106. The first kappa shape index (κ1) is 13.6. The highest BCUT2D eigenvalue weighted by atomic mass is 16.5. The molecule has 18 heavy (non-hydrogen) atoms. The molecule has 2 rings (SSSR count). The summed E-state index contributed by atoms with van der Waals surface area (Å²) < 4.78 is 7.30. The van der Waals surface area contributed by atoms with Crippen molar-refractivity contribution < 1.29 is 4.74 Å². The SMILES string of the molecule is Cn1cc(CNCC2CCOC2)c(C(C)(C)C)n1. The smallest absolute Gasteiger partial charge is 0.0722 e. The van der Waals surface area contributed by atoms with E-state index in [1.165, 1.54) is 17.7 Å². The van der Waals surface area contributed by atoms with Crippen LogP contribution in [0.2, 0.25) is 0 Å². The maximum atomic E-state index is 5.39. The predicted molar refractivity (Wildman–Crippen MR) is 72.5 cm³/mol. The lowest BCUT2D eigenvalue weighted by Gasteiger charge is -2.18. The van der Waals surface area contributed by atoms with Gasteiger partial charge in [-0.1, -0.05) is 20.8 Å². The minimum Gasteiger partial charge on any atom is -0.381 e. The Bertz CT molecular complexity index is 386. The van der Waals surface area contributed by atoms with E-state index in [-0.39, 0.29) is 5.41 Å². The quantitative estimate of drug-likeness (QED) is 0.887. The maximum absolute atomic E-state index is 5.39. The third-order valence-corrected chi connectivity index (χ3v) is 3.39. The van der Waals surface area contributed by atoms with Crippen molar-refractivity contribution in [3.05, 3.63) is 17.5 Å². The van der Waals surface area contributed by atoms with Crippen molar-refractivity contribution in [2.75, 3.05) is 19.8 Å². The zero-order chi connectivity index (χ0) is 13.2. The molecule has 4 heteroatoms. The average Bonchev–Trinajstić information content (AvgIpc) is 2.87. The lowest BCUT2D eigenvalue weighted by molar-refractivity contribution is 0.185. The Labute approximate surface area is 110 Å². The van der Waals surface area contributed by atoms with Crippen LogP contribution in [0.15, 0.2) is 6.20 Å². The maximum Gasteiger partial charge on any atom is 0.0722 e. The molecule has 0 aromatic carbocycles. The van der Waals surface area contributed by atoms with Gasteiger partial charge in [0.15, 0.2) is 0 Å². The summed E-state index contributed by atoms with van der Waals surface area (Å²) in [7, 11) is 1.99. The van der Waals surface area contributed by atoms with Crippen LogP contribution in [0.25, 0.3) is 0 Å². The second-order valence-corrected chi connectivity index (χ2v) is 6.29. The summed E-state index contributed by atoms with van der Waals surface area (Å²) in [6.45, 7) is 10.4. The Morgan fingerprint density at radius 3 is 2.89 bits per heavy atom. The molecule has 102 valence electrons. The van der Waals surface area contributed by atoms with E-state index in [0.717, 1.165) is 26.3 Å². The van der Waals surface area contributed by atoms with Crippen LogP contribution in [0.4, 0.5) is 0 Å². The van der Waals surface area contributed by atoms with Crippen LogP contribution < -0.4 is 5.32 Å². The summed E-state index contributed by atoms with van der Waals surface area (Å²) in [5, 5.41) is 8.12. The monoisotopic (exact) mass is 251 g/mol. The molecule has 1 saturated heterocycles. The van der Waals surface area contributed by atoms with Crippen molar-refractivity contribution in [3.63, 3.8) is 0 Å².